The van der Waals surface area contributed by atoms with E-state index in [1.54, 1.807) is 17.0 Å². The molecular formula is C15H19F2NO3. The molecule has 1 aromatic rings. The standard InChI is InChI=1S/C15H19F2NO3/c1-10-9-20-11(2)8-18(10)14(19)7-12-3-5-13(6-4-12)21-15(16)17/h3-6,10-11,15H,7-9H2,1-2H3. The van der Waals surface area contributed by atoms with Crippen LogP contribution in [-0.4, -0.2) is 42.7 Å². The van der Waals surface area contributed by atoms with Crippen molar-refractivity contribution in [1.82, 2.24) is 4.90 Å². The van der Waals surface area contributed by atoms with Gasteiger partial charge in [0.15, 0.2) is 0 Å². The molecular weight excluding hydrogens is 280 g/mol. The molecule has 2 rings (SSSR count). The number of hydrogen-bond acceptors (Lipinski definition) is 3. The van der Waals surface area contributed by atoms with Gasteiger partial charge in [-0.2, -0.15) is 8.78 Å². The molecule has 4 nitrogen and oxygen atoms in total. The molecule has 0 saturated carbocycles. The molecule has 0 aromatic heterocycles. The quantitative estimate of drug-likeness (QED) is 0.857. The monoisotopic (exact) mass is 299 g/mol. The third-order valence-corrected chi connectivity index (χ3v) is 3.43. The van der Waals surface area contributed by atoms with Gasteiger partial charge in [-0.15, -0.1) is 0 Å². The molecule has 1 saturated heterocycles. The van der Waals surface area contributed by atoms with Crippen molar-refractivity contribution in [2.24, 2.45) is 0 Å². The summed E-state index contributed by atoms with van der Waals surface area (Å²) in [4.78, 5) is 14.1. The Bertz CT molecular complexity index is 478. The minimum Gasteiger partial charge on any atom is -0.435 e. The molecule has 6 heteroatoms. The summed E-state index contributed by atoms with van der Waals surface area (Å²) in [6.07, 6.45) is 0.276. The highest BCUT2D eigenvalue weighted by Crippen LogP contribution is 2.17. The van der Waals surface area contributed by atoms with Crippen LogP contribution in [0, 0.1) is 0 Å². The van der Waals surface area contributed by atoms with Gasteiger partial charge < -0.3 is 14.4 Å². The van der Waals surface area contributed by atoms with E-state index < -0.39 is 6.61 Å². The van der Waals surface area contributed by atoms with E-state index in [1.807, 2.05) is 13.8 Å². The van der Waals surface area contributed by atoms with Crippen LogP contribution >= 0.6 is 0 Å². The van der Waals surface area contributed by atoms with Crippen molar-refractivity contribution in [3.63, 3.8) is 0 Å². The summed E-state index contributed by atoms with van der Waals surface area (Å²) in [5, 5.41) is 0. The molecule has 1 heterocycles. The Morgan fingerprint density at radius 3 is 2.67 bits per heavy atom. The van der Waals surface area contributed by atoms with Crippen molar-refractivity contribution in [1.29, 1.82) is 0 Å². The van der Waals surface area contributed by atoms with Crippen molar-refractivity contribution in [3.05, 3.63) is 29.8 Å². The maximum Gasteiger partial charge on any atom is 0.387 e. The van der Waals surface area contributed by atoms with E-state index in [2.05, 4.69) is 4.74 Å². The molecule has 1 amide bonds. The van der Waals surface area contributed by atoms with Crippen molar-refractivity contribution in [3.8, 4) is 5.75 Å². The number of ether oxygens (including phenoxy) is 2. The zero-order chi connectivity index (χ0) is 15.4. The first kappa shape index (κ1) is 15.7. The Balaban J connectivity index is 1.95. The van der Waals surface area contributed by atoms with Gasteiger partial charge in [0.2, 0.25) is 5.91 Å². The highest BCUT2D eigenvalue weighted by Gasteiger charge is 2.27. The van der Waals surface area contributed by atoms with Gasteiger partial charge in [0, 0.05) is 6.54 Å². The van der Waals surface area contributed by atoms with E-state index in [-0.39, 0.29) is 30.2 Å². The van der Waals surface area contributed by atoms with Crippen molar-refractivity contribution in [2.75, 3.05) is 13.2 Å². The number of carbonyl (C=O) groups excluding carboxylic acids is 1. The van der Waals surface area contributed by atoms with Crippen molar-refractivity contribution in [2.45, 2.75) is 39.0 Å². The third-order valence-electron chi connectivity index (χ3n) is 3.43. The zero-order valence-electron chi connectivity index (χ0n) is 12.1. The summed E-state index contributed by atoms with van der Waals surface area (Å²) < 4.78 is 33.9. The minimum absolute atomic E-state index is 0.0141. The molecule has 0 spiro atoms. The Morgan fingerprint density at radius 1 is 1.38 bits per heavy atom. The molecule has 1 aromatic carbocycles. The average Bonchev–Trinajstić information content (AvgIpc) is 2.43. The molecule has 0 bridgehead atoms. The van der Waals surface area contributed by atoms with E-state index >= 15 is 0 Å². The topological polar surface area (TPSA) is 38.8 Å². The molecule has 1 aliphatic heterocycles. The van der Waals surface area contributed by atoms with E-state index in [1.165, 1.54) is 12.1 Å². The largest absolute Gasteiger partial charge is 0.435 e. The normalized spacial score (nSPS) is 22.4. The van der Waals surface area contributed by atoms with Crippen molar-refractivity contribution >= 4 is 5.91 Å². The number of benzene rings is 1. The average molecular weight is 299 g/mol. The summed E-state index contributed by atoms with van der Waals surface area (Å²) in [7, 11) is 0. The summed E-state index contributed by atoms with van der Waals surface area (Å²) in [6, 6.07) is 6.20. The van der Waals surface area contributed by atoms with Crippen LogP contribution in [0.2, 0.25) is 0 Å². The highest BCUT2D eigenvalue weighted by atomic mass is 19.3. The van der Waals surface area contributed by atoms with Crippen LogP contribution < -0.4 is 4.74 Å². The zero-order valence-corrected chi connectivity index (χ0v) is 12.1. The molecule has 21 heavy (non-hydrogen) atoms. The van der Waals surface area contributed by atoms with Crippen LogP contribution in [-0.2, 0) is 16.0 Å². The van der Waals surface area contributed by atoms with Crippen LogP contribution in [0.15, 0.2) is 24.3 Å². The number of carbonyl (C=O) groups is 1. The van der Waals surface area contributed by atoms with Gasteiger partial charge in [-0.1, -0.05) is 12.1 Å². The molecule has 1 fully saturated rings. The van der Waals surface area contributed by atoms with Gasteiger partial charge in [0.1, 0.15) is 5.75 Å². The maximum atomic E-state index is 12.3. The second kappa shape index (κ2) is 6.85. The predicted molar refractivity (Wildman–Crippen MR) is 73.4 cm³/mol. The molecule has 116 valence electrons. The smallest absolute Gasteiger partial charge is 0.387 e. The molecule has 0 N–H and O–H groups in total. The van der Waals surface area contributed by atoms with Crippen LogP contribution in [0.3, 0.4) is 0 Å². The first-order chi connectivity index (χ1) is 9.95. The number of halogens is 2. The Morgan fingerprint density at radius 2 is 2.05 bits per heavy atom. The maximum absolute atomic E-state index is 12.3. The predicted octanol–water partition coefficient (Wildman–Crippen LogP) is 2.47. The van der Waals surface area contributed by atoms with E-state index in [0.717, 1.165) is 5.56 Å². The highest BCUT2D eigenvalue weighted by molar-refractivity contribution is 5.79. The van der Waals surface area contributed by atoms with Gasteiger partial charge in [0.25, 0.3) is 0 Å². The molecule has 0 aliphatic carbocycles. The molecule has 2 atom stereocenters. The Labute approximate surface area is 122 Å². The van der Waals surface area contributed by atoms with Gasteiger partial charge in [0.05, 0.1) is 25.2 Å². The fraction of sp³-hybridized carbons (Fsp3) is 0.533. The molecule has 0 radical (unpaired) electrons. The number of alkyl halides is 2. The van der Waals surface area contributed by atoms with Crippen LogP contribution in [0.25, 0.3) is 0 Å². The SMILES string of the molecule is CC1CN(C(=O)Cc2ccc(OC(F)F)cc2)C(C)CO1. The summed E-state index contributed by atoms with van der Waals surface area (Å²) in [5.74, 6) is 0.106. The lowest BCUT2D eigenvalue weighted by atomic mass is 10.1. The van der Waals surface area contributed by atoms with Gasteiger partial charge in [-0.3, -0.25) is 4.79 Å². The van der Waals surface area contributed by atoms with E-state index in [4.69, 9.17) is 4.74 Å². The van der Waals surface area contributed by atoms with Crippen molar-refractivity contribution < 1.29 is 23.0 Å². The second-order valence-electron chi connectivity index (χ2n) is 5.24. The third kappa shape index (κ3) is 4.39. The summed E-state index contributed by atoms with van der Waals surface area (Å²) in [5.41, 5.74) is 0.771. The minimum atomic E-state index is -2.84. The molecule has 2 unspecified atom stereocenters. The van der Waals surface area contributed by atoms with Crippen LogP contribution in [0.4, 0.5) is 8.78 Å². The van der Waals surface area contributed by atoms with E-state index in [0.29, 0.717) is 13.2 Å². The van der Waals surface area contributed by atoms with Crippen LogP contribution in [0.5, 0.6) is 5.75 Å². The first-order valence-corrected chi connectivity index (χ1v) is 6.90. The lowest BCUT2D eigenvalue weighted by Gasteiger charge is -2.36. The van der Waals surface area contributed by atoms with E-state index in [9.17, 15) is 13.6 Å². The number of hydrogen-bond donors (Lipinski definition) is 0. The Kier molecular flexibility index (Phi) is 5.12. The van der Waals surface area contributed by atoms with Gasteiger partial charge in [-0.05, 0) is 31.5 Å². The van der Waals surface area contributed by atoms with Gasteiger partial charge >= 0.3 is 6.61 Å². The number of nitrogens with zero attached hydrogens (tertiary/aromatic N) is 1. The summed E-state index contributed by atoms with van der Waals surface area (Å²) in [6.45, 7) is 2.15. The Hall–Kier alpha value is -1.69. The van der Waals surface area contributed by atoms with Crippen LogP contribution in [0.1, 0.15) is 19.4 Å². The molecule has 1 aliphatic rings. The fourth-order valence-electron chi connectivity index (χ4n) is 2.32. The first-order valence-electron chi connectivity index (χ1n) is 6.90. The lowest BCUT2D eigenvalue weighted by Crippen LogP contribution is -2.50. The second-order valence-corrected chi connectivity index (χ2v) is 5.24. The summed E-state index contributed by atoms with van der Waals surface area (Å²) >= 11 is 0. The number of rotatable bonds is 4. The lowest BCUT2D eigenvalue weighted by molar-refractivity contribution is -0.142. The number of amides is 1. The van der Waals surface area contributed by atoms with Gasteiger partial charge in [-0.25, -0.2) is 0 Å². The number of morpholine rings is 1. The fourth-order valence-corrected chi connectivity index (χ4v) is 2.32.